The number of aromatic nitrogens is 1. The molecule has 1 aromatic heterocycles. The van der Waals surface area contributed by atoms with Crippen LogP contribution in [0.4, 0.5) is 5.82 Å². The third-order valence-corrected chi connectivity index (χ3v) is 5.10. The molecule has 2 fully saturated rings. The van der Waals surface area contributed by atoms with Crippen LogP contribution in [0.2, 0.25) is 0 Å². The molecule has 3 rings (SSSR count). The summed E-state index contributed by atoms with van der Waals surface area (Å²) < 4.78 is 5.84. The van der Waals surface area contributed by atoms with E-state index in [9.17, 15) is 4.79 Å². The fourth-order valence-corrected chi connectivity index (χ4v) is 3.65. The van der Waals surface area contributed by atoms with Gasteiger partial charge >= 0.3 is 0 Å². The second-order valence-electron chi connectivity index (χ2n) is 6.93. The Bertz CT molecular complexity index is 562. The highest BCUT2D eigenvalue weighted by Gasteiger charge is 2.27. The maximum absolute atomic E-state index is 13.0. The van der Waals surface area contributed by atoms with Crippen LogP contribution in [-0.2, 0) is 4.74 Å². The molecule has 0 unspecified atom stereocenters. The molecule has 0 atom stereocenters. The number of anilines is 1. The molecule has 3 heterocycles. The maximum Gasteiger partial charge on any atom is 0.257 e. The van der Waals surface area contributed by atoms with Crippen LogP contribution in [-0.4, -0.2) is 61.2 Å². The minimum atomic E-state index is 0. The number of carbonyl (C=O) groups is 1. The highest BCUT2D eigenvalue weighted by Crippen LogP contribution is 2.24. The van der Waals surface area contributed by atoms with Crippen LogP contribution in [0, 0.1) is 0 Å². The van der Waals surface area contributed by atoms with Crippen LogP contribution in [0.1, 0.15) is 48.9 Å². The molecule has 27 heavy (non-hydrogen) atoms. The molecule has 2 N–H and O–H groups in total. The molecule has 6 nitrogen and oxygen atoms in total. The van der Waals surface area contributed by atoms with E-state index in [0.29, 0.717) is 6.54 Å². The maximum atomic E-state index is 13.0. The summed E-state index contributed by atoms with van der Waals surface area (Å²) in [6.07, 6.45) is 8.36. The summed E-state index contributed by atoms with van der Waals surface area (Å²) in [7, 11) is 0. The van der Waals surface area contributed by atoms with Gasteiger partial charge in [0.2, 0.25) is 0 Å². The summed E-state index contributed by atoms with van der Waals surface area (Å²) >= 11 is 0. The Hall–Kier alpha value is -1.08. The Morgan fingerprint density at radius 2 is 1.85 bits per heavy atom. The SMILES string of the molecule is Cl.Cl.NCCCOC1CCN(C(=O)c2cccnc2N2CCCCC2)CC1. The Balaban J connectivity index is 0.00000182. The molecular weight excluding hydrogens is 387 g/mol. The first kappa shape index (κ1) is 24.0. The van der Waals surface area contributed by atoms with Crippen molar-refractivity contribution < 1.29 is 9.53 Å². The normalized spacial score (nSPS) is 17.8. The monoisotopic (exact) mass is 418 g/mol. The average Bonchev–Trinajstić information content (AvgIpc) is 2.69. The van der Waals surface area contributed by atoms with Crippen LogP contribution in [0.15, 0.2) is 18.3 Å². The number of nitrogens with zero attached hydrogens (tertiary/aromatic N) is 3. The molecule has 0 radical (unpaired) electrons. The minimum Gasteiger partial charge on any atom is -0.378 e. The molecule has 8 heteroatoms. The topological polar surface area (TPSA) is 71.7 Å². The van der Waals surface area contributed by atoms with E-state index in [1.807, 2.05) is 17.0 Å². The predicted octanol–water partition coefficient (Wildman–Crippen LogP) is 2.89. The molecule has 2 aliphatic rings. The van der Waals surface area contributed by atoms with E-state index in [2.05, 4.69) is 9.88 Å². The van der Waals surface area contributed by atoms with E-state index < -0.39 is 0 Å². The Morgan fingerprint density at radius 3 is 2.52 bits per heavy atom. The lowest BCUT2D eigenvalue weighted by Crippen LogP contribution is -2.42. The van der Waals surface area contributed by atoms with Crippen LogP contribution in [0.25, 0.3) is 0 Å². The number of nitrogens with two attached hydrogens (primary N) is 1. The first-order chi connectivity index (χ1) is 12.3. The zero-order chi connectivity index (χ0) is 17.5. The fourth-order valence-electron chi connectivity index (χ4n) is 3.65. The van der Waals surface area contributed by atoms with Gasteiger partial charge in [0.25, 0.3) is 5.91 Å². The number of piperidine rings is 2. The molecule has 0 bridgehead atoms. The van der Waals surface area contributed by atoms with Gasteiger partial charge in [0.05, 0.1) is 11.7 Å². The Morgan fingerprint density at radius 1 is 1.15 bits per heavy atom. The fraction of sp³-hybridized carbons (Fsp3) is 0.684. The van der Waals surface area contributed by atoms with Gasteiger partial charge in [0.1, 0.15) is 5.82 Å². The number of hydrogen-bond acceptors (Lipinski definition) is 5. The molecule has 2 saturated heterocycles. The quantitative estimate of drug-likeness (QED) is 0.718. The molecule has 0 aliphatic carbocycles. The number of likely N-dealkylation sites (tertiary alicyclic amines) is 1. The van der Waals surface area contributed by atoms with E-state index in [1.165, 1.54) is 19.3 Å². The second kappa shape index (κ2) is 12.4. The summed E-state index contributed by atoms with van der Waals surface area (Å²) in [4.78, 5) is 21.8. The van der Waals surface area contributed by atoms with Gasteiger partial charge in [-0.3, -0.25) is 4.79 Å². The third kappa shape index (κ3) is 6.49. The van der Waals surface area contributed by atoms with Gasteiger partial charge in [-0.1, -0.05) is 0 Å². The first-order valence-electron chi connectivity index (χ1n) is 9.60. The van der Waals surface area contributed by atoms with Gasteiger partial charge in [0, 0.05) is 39.0 Å². The molecule has 2 aliphatic heterocycles. The third-order valence-electron chi connectivity index (χ3n) is 5.10. The average molecular weight is 419 g/mol. The van der Waals surface area contributed by atoms with E-state index >= 15 is 0 Å². The Labute approximate surface area is 174 Å². The summed E-state index contributed by atoms with van der Waals surface area (Å²) in [5, 5.41) is 0. The Kier molecular flexibility index (Phi) is 11.0. The van der Waals surface area contributed by atoms with E-state index in [-0.39, 0.29) is 36.8 Å². The molecular formula is C19H32Cl2N4O2. The van der Waals surface area contributed by atoms with Crippen molar-refractivity contribution in [3.05, 3.63) is 23.9 Å². The number of amides is 1. The number of hydrogen-bond donors (Lipinski definition) is 1. The molecule has 1 aromatic rings. The second-order valence-corrected chi connectivity index (χ2v) is 6.93. The largest absolute Gasteiger partial charge is 0.378 e. The van der Waals surface area contributed by atoms with E-state index in [4.69, 9.17) is 10.5 Å². The van der Waals surface area contributed by atoms with Crippen molar-refractivity contribution in [3.63, 3.8) is 0 Å². The molecule has 0 saturated carbocycles. The predicted molar refractivity (Wildman–Crippen MR) is 113 cm³/mol. The first-order valence-corrected chi connectivity index (χ1v) is 9.60. The minimum absolute atomic E-state index is 0. The number of pyridine rings is 1. The van der Waals surface area contributed by atoms with Crippen LogP contribution in [0.5, 0.6) is 0 Å². The van der Waals surface area contributed by atoms with Gasteiger partial charge in [0.15, 0.2) is 0 Å². The van der Waals surface area contributed by atoms with Crippen molar-refractivity contribution in [2.24, 2.45) is 5.73 Å². The summed E-state index contributed by atoms with van der Waals surface area (Å²) in [6, 6.07) is 3.78. The van der Waals surface area contributed by atoms with Crippen molar-refractivity contribution in [2.45, 2.75) is 44.6 Å². The lowest BCUT2D eigenvalue weighted by Gasteiger charge is -2.34. The van der Waals surface area contributed by atoms with Gasteiger partial charge in [-0.15, -0.1) is 24.8 Å². The van der Waals surface area contributed by atoms with Crippen molar-refractivity contribution in [3.8, 4) is 0 Å². The summed E-state index contributed by atoms with van der Waals surface area (Å²) in [5.41, 5.74) is 6.25. The number of halogens is 2. The standard InChI is InChI=1S/C19H30N4O2.2ClH/c20-9-5-15-25-16-7-13-23(14-8-16)19(24)17-6-4-10-21-18(17)22-11-2-1-3-12-22;;/h4,6,10,16H,1-3,5,7-9,11-15,20H2;2*1H. The van der Waals surface area contributed by atoms with Crippen molar-refractivity contribution in [2.75, 3.05) is 44.2 Å². The number of ether oxygens (including phenoxy) is 1. The highest BCUT2D eigenvalue weighted by atomic mass is 35.5. The van der Waals surface area contributed by atoms with Crippen LogP contribution in [0.3, 0.4) is 0 Å². The summed E-state index contributed by atoms with van der Waals surface area (Å²) in [5.74, 6) is 0.961. The molecule has 0 spiro atoms. The molecule has 154 valence electrons. The lowest BCUT2D eigenvalue weighted by atomic mass is 10.1. The lowest BCUT2D eigenvalue weighted by molar-refractivity contribution is 0.00845. The molecule has 1 amide bonds. The van der Waals surface area contributed by atoms with Gasteiger partial charge < -0.3 is 20.3 Å². The van der Waals surface area contributed by atoms with Crippen molar-refractivity contribution >= 4 is 36.5 Å². The highest BCUT2D eigenvalue weighted by molar-refractivity contribution is 5.99. The zero-order valence-corrected chi connectivity index (χ0v) is 17.5. The van der Waals surface area contributed by atoms with E-state index in [0.717, 1.165) is 63.4 Å². The van der Waals surface area contributed by atoms with E-state index in [1.54, 1.807) is 6.20 Å². The zero-order valence-electron chi connectivity index (χ0n) is 15.8. The van der Waals surface area contributed by atoms with Gasteiger partial charge in [-0.05, 0) is 57.2 Å². The smallest absolute Gasteiger partial charge is 0.257 e. The van der Waals surface area contributed by atoms with Gasteiger partial charge in [-0.25, -0.2) is 4.98 Å². The van der Waals surface area contributed by atoms with Gasteiger partial charge in [-0.2, -0.15) is 0 Å². The van der Waals surface area contributed by atoms with Crippen LogP contribution >= 0.6 is 24.8 Å². The van der Waals surface area contributed by atoms with Crippen LogP contribution < -0.4 is 10.6 Å². The number of rotatable bonds is 6. The van der Waals surface area contributed by atoms with Crippen molar-refractivity contribution in [1.29, 1.82) is 0 Å². The summed E-state index contributed by atoms with van der Waals surface area (Å²) in [6.45, 7) is 4.87. The molecule has 0 aromatic carbocycles. The van der Waals surface area contributed by atoms with Crippen molar-refractivity contribution in [1.82, 2.24) is 9.88 Å². The number of carbonyl (C=O) groups excluding carboxylic acids is 1.